The van der Waals surface area contributed by atoms with Gasteiger partial charge in [-0.05, 0) is 5.56 Å². The van der Waals surface area contributed by atoms with Gasteiger partial charge in [0, 0.05) is 0 Å². The van der Waals surface area contributed by atoms with E-state index in [4.69, 9.17) is 4.74 Å². The van der Waals surface area contributed by atoms with Crippen LogP contribution >= 0.6 is 0 Å². The number of carbonyl (C=O) groups is 1. The van der Waals surface area contributed by atoms with Gasteiger partial charge in [0.25, 0.3) is 0 Å². The van der Waals surface area contributed by atoms with Crippen LogP contribution in [0, 0.1) is 0 Å². The average Bonchev–Trinajstić information content (AvgIpc) is 2.65. The van der Waals surface area contributed by atoms with Gasteiger partial charge < -0.3 is 15.2 Å². The third-order valence-electron chi connectivity index (χ3n) is 2.22. The van der Waals surface area contributed by atoms with Crippen LogP contribution in [0.15, 0.2) is 30.3 Å². The molecule has 74 valence electrons. The van der Waals surface area contributed by atoms with Crippen molar-refractivity contribution in [1.29, 1.82) is 0 Å². The van der Waals surface area contributed by atoms with Gasteiger partial charge in [0.15, 0.2) is 0 Å². The standard InChI is InChI=1S/C10H11NO3/c12-9(7-4-2-1-3-5-7)8-6-14-10(13)11-8/h1-5,8-9,12H,6H2,(H,11,13)/t8-,9-/m1/s1. The second kappa shape index (κ2) is 3.67. The maximum absolute atomic E-state index is 10.7. The Morgan fingerprint density at radius 3 is 2.71 bits per heavy atom. The lowest BCUT2D eigenvalue weighted by Crippen LogP contribution is -2.32. The van der Waals surface area contributed by atoms with Crippen molar-refractivity contribution < 1.29 is 14.6 Å². The number of hydrogen-bond acceptors (Lipinski definition) is 3. The number of aliphatic hydroxyl groups excluding tert-OH is 1. The van der Waals surface area contributed by atoms with Gasteiger partial charge in [-0.25, -0.2) is 4.79 Å². The molecule has 2 rings (SSSR count). The van der Waals surface area contributed by atoms with E-state index in [2.05, 4.69) is 5.32 Å². The monoisotopic (exact) mass is 193 g/mol. The Hall–Kier alpha value is -1.55. The Balaban J connectivity index is 2.09. The zero-order valence-corrected chi connectivity index (χ0v) is 7.51. The molecule has 0 radical (unpaired) electrons. The molecule has 2 atom stereocenters. The Kier molecular flexibility index (Phi) is 2.37. The summed E-state index contributed by atoms with van der Waals surface area (Å²) in [4.78, 5) is 10.7. The molecule has 4 heteroatoms. The number of rotatable bonds is 2. The number of cyclic esters (lactones) is 1. The molecule has 1 fully saturated rings. The molecule has 4 nitrogen and oxygen atoms in total. The number of alkyl carbamates (subject to hydrolysis) is 1. The van der Waals surface area contributed by atoms with Crippen molar-refractivity contribution in [1.82, 2.24) is 5.32 Å². The van der Waals surface area contributed by atoms with E-state index in [1.807, 2.05) is 30.3 Å². The lowest BCUT2D eigenvalue weighted by atomic mass is 10.0. The molecule has 14 heavy (non-hydrogen) atoms. The van der Waals surface area contributed by atoms with Crippen LogP contribution in [-0.4, -0.2) is 23.8 Å². The summed E-state index contributed by atoms with van der Waals surface area (Å²) < 4.78 is 4.70. The van der Waals surface area contributed by atoms with E-state index in [-0.39, 0.29) is 12.6 Å². The molecule has 0 bridgehead atoms. The topological polar surface area (TPSA) is 58.6 Å². The van der Waals surface area contributed by atoms with Crippen LogP contribution in [-0.2, 0) is 4.74 Å². The molecule has 1 saturated heterocycles. The first-order valence-corrected chi connectivity index (χ1v) is 4.43. The summed E-state index contributed by atoms with van der Waals surface area (Å²) in [7, 11) is 0. The van der Waals surface area contributed by atoms with Crippen LogP contribution < -0.4 is 5.32 Å². The minimum Gasteiger partial charge on any atom is -0.447 e. The van der Waals surface area contributed by atoms with E-state index < -0.39 is 12.2 Å². The van der Waals surface area contributed by atoms with Crippen molar-refractivity contribution in [3.63, 3.8) is 0 Å². The van der Waals surface area contributed by atoms with Crippen LogP contribution in [0.1, 0.15) is 11.7 Å². The van der Waals surface area contributed by atoms with Crippen LogP contribution in [0.4, 0.5) is 4.79 Å². The van der Waals surface area contributed by atoms with Crippen LogP contribution in [0.2, 0.25) is 0 Å². The molecular formula is C10H11NO3. The van der Waals surface area contributed by atoms with Gasteiger partial charge in [-0.3, -0.25) is 0 Å². The van der Waals surface area contributed by atoms with Crippen molar-refractivity contribution in [3.05, 3.63) is 35.9 Å². The molecule has 1 aromatic carbocycles. The lowest BCUT2D eigenvalue weighted by Gasteiger charge is -2.15. The van der Waals surface area contributed by atoms with Gasteiger partial charge in [-0.1, -0.05) is 30.3 Å². The number of carbonyl (C=O) groups excluding carboxylic acids is 1. The highest BCUT2D eigenvalue weighted by molar-refractivity contribution is 5.69. The molecule has 0 saturated carbocycles. The van der Waals surface area contributed by atoms with Gasteiger partial charge in [0.2, 0.25) is 0 Å². The first-order chi connectivity index (χ1) is 6.77. The quantitative estimate of drug-likeness (QED) is 0.731. The summed E-state index contributed by atoms with van der Waals surface area (Å²) in [5, 5.41) is 12.4. The van der Waals surface area contributed by atoms with E-state index in [1.54, 1.807) is 0 Å². The van der Waals surface area contributed by atoms with E-state index in [1.165, 1.54) is 0 Å². The maximum Gasteiger partial charge on any atom is 0.407 e. The van der Waals surface area contributed by atoms with Gasteiger partial charge in [-0.2, -0.15) is 0 Å². The smallest absolute Gasteiger partial charge is 0.407 e. The molecule has 1 aliphatic rings. The fourth-order valence-electron chi connectivity index (χ4n) is 1.45. The van der Waals surface area contributed by atoms with E-state index >= 15 is 0 Å². The maximum atomic E-state index is 10.7. The highest BCUT2D eigenvalue weighted by Crippen LogP contribution is 2.18. The molecule has 0 aliphatic carbocycles. The number of benzene rings is 1. The summed E-state index contributed by atoms with van der Waals surface area (Å²) in [6.45, 7) is 0.217. The van der Waals surface area contributed by atoms with Gasteiger partial charge >= 0.3 is 6.09 Å². The number of ether oxygens (including phenoxy) is 1. The second-order valence-electron chi connectivity index (χ2n) is 3.20. The molecule has 1 amide bonds. The van der Waals surface area contributed by atoms with E-state index in [9.17, 15) is 9.90 Å². The summed E-state index contributed by atoms with van der Waals surface area (Å²) >= 11 is 0. The second-order valence-corrected chi connectivity index (χ2v) is 3.20. The number of nitrogens with one attached hydrogen (secondary N) is 1. The lowest BCUT2D eigenvalue weighted by molar-refractivity contribution is 0.125. The van der Waals surface area contributed by atoms with Gasteiger partial charge in [0.05, 0.1) is 6.04 Å². The highest BCUT2D eigenvalue weighted by Gasteiger charge is 2.29. The molecular weight excluding hydrogens is 182 g/mol. The first-order valence-electron chi connectivity index (χ1n) is 4.43. The summed E-state index contributed by atoms with van der Waals surface area (Å²) in [6, 6.07) is 8.85. The van der Waals surface area contributed by atoms with E-state index in [0.717, 1.165) is 5.56 Å². The predicted octanol–water partition coefficient (Wildman–Crippen LogP) is 0.828. The zero-order chi connectivity index (χ0) is 9.97. The average molecular weight is 193 g/mol. The molecule has 0 aromatic heterocycles. The summed E-state index contributed by atoms with van der Waals surface area (Å²) in [5.41, 5.74) is 0.781. The summed E-state index contributed by atoms with van der Waals surface area (Å²) in [5.74, 6) is 0. The Labute approximate surface area is 81.5 Å². The minimum absolute atomic E-state index is 0.217. The Bertz CT molecular complexity index is 325. The van der Waals surface area contributed by atoms with Crippen LogP contribution in [0.5, 0.6) is 0 Å². The molecule has 0 unspecified atom stereocenters. The molecule has 1 aliphatic heterocycles. The van der Waals surface area contributed by atoms with Crippen molar-refractivity contribution in [3.8, 4) is 0 Å². The van der Waals surface area contributed by atoms with Crippen molar-refractivity contribution >= 4 is 6.09 Å². The third kappa shape index (κ3) is 1.70. The van der Waals surface area contributed by atoms with Crippen molar-refractivity contribution in [2.24, 2.45) is 0 Å². The van der Waals surface area contributed by atoms with Crippen molar-refractivity contribution in [2.75, 3.05) is 6.61 Å². The Morgan fingerprint density at radius 1 is 1.43 bits per heavy atom. The number of amides is 1. The normalized spacial score (nSPS) is 22.6. The molecule has 1 heterocycles. The highest BCUT2D eigenvalue weighted by atomic mass is 16.6. The van der Waals surface area contributed by atoms with Crippen LogP contribution in [0.3, 0.4) is 0 Å². The predicted molar refractivity (Wildman–Crippen MR) is 49.7 cm³/mol. The van der Waals surface area contributed by atoms with E-state index in [0.29, 0.717) is 0 Å². The number of hydrogen-bond donors (Lipinski definition) is 2. The minimum atomic E-state index is -0.706. The number of aliphatic hydroxyl groups is 1. The third-order valence-corrected chi connectivity index (χ3v) is 2.22. The molecule has 1 aromatic rings. The SMILES string of the molecule is O=C1N[C@@H]([C@H](O)c2ccccc2)CO1. The van der Waals surface area contributed by atoms with Crippen molar-refractivity contribution in [2.45, 2.75) is 12.1 Å². The fraction of sp³-hybridized carbons (Fsp3) is 0.300. The zero-order valence-electron chi connectivity index (χ0n) is 7.51. The van der Waals surface area contributed by atoms with Crippen LogP contribution in [0.25, 0.3) is 0 Å². The molecule has 2 N–H and O–H groups in total. The van der Waals surface area contributed by atoms with Gasteiger partial charge in [0.1, 0.15) is 12.7 Å². The molecule has 0 spiro atoms. The fourth-order valence-corrected chi connectivity index (χ4v) is 1.45. The van der Waals surface area contributed by atoms with Gasteiger partial charge in [-0.15, -0.1) is 0 Å². The largest absolute Gasteiger partial charge is 0.447 e. The Morgan fingerprint density at radius 2 is 2.14 bits per heavy atom. The first kappa shape index (κ1) is 9.02. The summed E-state index contributed by atoms with van der Waals surface area (Å²) in [6.07, 6.45) is -1.17.